The first-order valence-electron chi connectivity index (χ1n) is 11.7. The fraction of sp³-hybridized carbons (Fsp3) is 0.739. The molecule has 2 saturated carbocycles. The first-order chi connectivity index (χ1) is 15.1. The molecule has 1 unspecified atom stereocenters. The van der Waals surface area contributed by atoms with Crippen LogP contribution >= 0.6 is 0 Å². The molecule has 3 aliphatic rings. The van der Waals surface area contributed by atoms with Gasteiger partial charge in [0.15, 0.2) is 11.6 Å². The Morgan fingerprint density at radius 3 is 2.94 bits per heavy atom. The molecule has 31 heavy (non-hydrogen) atoms. The van der Waals surface area contributed by atoms with Crippen molar-refractivity contribution in [2.75, 3.05) is 38.2 Å². The maximum atomic E-state index is 11.9. The first-order valence-corrected chi connectivity index (χ1v) is 11.7. The topological polar surface area (TPSA) is 116 Å². The third-order valence-corrected chi connectivity index (χ3v) is 7.19. The molecule has 1 spiro atoms. The summed E-state index contributed by atoms with van der Waals surface area (Å²) in [5, 5.41) is 28.2. The summed E-state index contributed by atoms with van der Waals surface area (Å²) in [7, 11) is 0. The fourth-order valence-corrected chi connectivity index (χ4v) is 5.11. The van der Waals surface area contributed by atoms with Crippen molar-refractivity contribution in [3.63, 3.8) is 0 Å². The van der Waals surface area contributed by atoms with E-state index in [4.69, 9.17) is 9.84 Å². The number of nitrogens with one attached hydrogen (secondary N) is 3. The van der Waals surface area contributed by atoms with E-state index in [0.717, 1.165) is 56.6 Å². The molecular formula is C23H36N4O4. The van der Waals surface area contributed by atoms with Crippen LogP contribution in [0.5, 0.6) is 5.75 Å². The average molecular weight is 433 g/mol. The van der Waals surface area contributed by atoms with E-state index in [1.165, 1.54) is 37.7 Å². The fourth-order valence-electron chi connectivity index (χ4n) is 5.11. The second-order valence-corrected chi connectivity index (χ2v) is 9.38. The van der Waals surface area contributed by atoms with Gasteiger partial charge in [0.25, 0.3) is 0 Å². The van der Waals surface area contributed by atoms with Crippen molar-refractivity contribution < 1.29 is 19.7 Å². The minimum atomic E-state index is -0.953. The lowest BCUT2D eigenvalue weighted by Crippen LogP contribution is -2.34. The van der Waals surface area contributed by atoms with Gasteiger partial charge >= 0.3 is 0 Å². The number of carbonyl (C=O) groups excluding carboxylic acids is 1. The van der Waals surface area contributed by atoms with Crippen LogP contribution < -0.4 is 20.7 Å². The summed E-state index contributed by atoms with van der Waals surface area (Å²) in [6, 6.07) is 2.28. The van der Waals surface area contributed by atoms with E-state index in [0.29, 0.717) is 5.41 Å². The summed E-state index contributed by atoms with van der Waals surface area (Å²) in [6.45, 7) is 3.13. The second-order valence-electron chi connectivity index (χ2n) is 9.38. The smallest absolute Gasteiger partial charge is 0.222 e. The van der Waals surface area contributed by atoms with Gasteiger partial charge in [-0.05, 0) is 62.5 Å². The van der Waals surface area contributed by atoms with Crippen LogP contribution in [-0.2, 0) is 11.2 Å². The standard InChI is InChI=1S/C23H36N4O4/c28-15-18(29)13-20(30)27-19-14-23(19)6-1-16(2-7-23)3-8-24-10-11-26-22-21-17(4-9-25-22)5-12-31-21/h4,9,16,18-19,24,28-29H,1-3,5-8,10-15H2,(H,25,26)(H,27,30)/t16?,18-,19?,23?/m1/s1. The summed E-state index contributed by atoms with van der Waals surface area (Å²) in [4.78, 5) is 16.3. The Balaban J connectivity index is 1.06. The molecule has 8 heteroatoms. The van der Waals surface area contributed by atoms with Crippen LogP contribution in [0.2, 0.25) is 0 Å². The van der Waals surface area contributed by atoms with E-state index < -0.39 is 6.10 Å². The first kappa shape index (κ1) is 22.3. The molecule has 1 aromatic heterocycles. The van der Waals surface area contributed by atoms with Crippen LogP contribution in [-0.4, -0.2) is 66.1 Å². The van der Waals surface area contributed by atoms with Gasteiger partial charge in [0.1, 0.15) is 0 Å². The maximum absolute atomic E-state index is 11.9. The van der Waals surface area contributed by atoms with E-state index in [9.17, 15) is 9.90 Å². The van der Waals surface area contributed by atoms with Crippen LogP contribution in [0.4, 0.5) is 5.82 Å². The minimum Gasteiger partial charge on any atom is -0.489 e. The number of ether oxygens (including phenoxy) is 1. The molecule has 2 heterocycles. The van der Waals surface area contributed by atoms with Crippen molar-refractivity contribution in [1.29, 1.82) is 0 Å². The number of carbonyl (C=O) groups is 1. The Labute approximate surface area is 184 Å². The molecule has 2 fully saturated rings. The summed E-state index contributed by atoms with van der Waals surface area (Å²) < 4.78 is 5.67. The highest BCUT2D eigenvalue weighted by molar-refractivity contribution is 5.77. The zero-order valence-corrected chi connectivity index (χ0v) is 18.2. The number of aliphatic hydroxyl groups excluding tert-OH is 2. The van der Waals surface area contributed by atoms with Crippen molar-refractivity contribution in [1.82, 2.24) is 15.6 Å². The lowest BCUT2D eigenvalue weighted by molar-refractivity contribution is -0.123. The van der Waals surface area contributed by atoms with Crippen LogP contribution in [0.1, 0.15) is 50.5 Å². The molecule has 1 aliphatic heterocycles. The molecule has 4 rings (SSSR count). The Morgan fingerprint density at radius 1 is 1.29 bits per heavy atom. The molecule has 8 nitrogen and oxygen atoms in total. The van der Waals surface area contributed by atoms with E-state index in [1.807, 2.05) is 12.3 Å². The Hall–Kier alpha value is -1.90. The molecular weight excluding hydrogens is 396 g/mol. The number of rotatable bonds is 11. The number of pyridine rings is 1. The monoisotopic (exact) mass is 432 g/mol. The van der Waals surface area contributed by atoms with E-state index in [-0.39, 0.29) is 25.0 Å². The Bertz CT molecular complexity index is 751. The minimum absolute atomic E-state index is 0.0118. The number of nitrogens with zero attached hydrogens (tertiary/aromatic N) is 1. The molecule has 1 amide bonds. The molecule has 0 saturated heterocycles. The summed E-state index contributed by atoms with van der Waals surface area (Å²) in [6.07, 6.45) is 8.90. The molecule has 0 radical (unpaired) electrons. The van der Waals surface area contributed by atoms with E-state index in [2.05, 4.69) is 20.9 Å². The number of hydrogen-bond acceptors (Lipinski definition) is 7. The number of hydrogen-bond donors (Lipinski definition) is 5. The summed E-state index contributed by atoms with van der Waals surface area (Å²) in [5.41, 5.74) is 1.53. The number of anilines is 1. The van der Waals surface area contributed by atoms with Gasteiger partial charge in [-0.2, -0.15) is 0 Å². The van der Waals surface area contributed by atoms with Gasteiger partial charge in [0, 0.05) is 37.3 Å². The molecule has 2 atom stereocenters. The SMILES string of the molecule is O=C(C[C@@H](O)CO)NC1CC12CCC(CCNCCNc1nccc3c1OCC3)CC2. The van der Waals surface area contributed by atoms with Gasteiger partial charge < -0.3 is 30.9 Å². The van der Waals surface area contributed by atoms with E-state index >= 15 is 0 Å². The Morgan fingerprint density at radius 2 is 2.13 bits per heavy atom. The third-order valence-electron chi connectivity index (χ3n) is 7.19. The van der Waals surface area contributed by atoms with Crippen molar-refractivity contribution in [3.8, 4) is 5.75 Å². The van der Waals surface area contributed by atoms with Gasteiger partial charge in [0.2, 0.25) is 5.91 Å². The largest absolute Gasteiger partial charge is 0.489 e. The Kier molecular flexibility index (Phi) is 7.30. The lowest BCUT2D eigenvalue weighted by Gasteiger charge is -2.29. The molecule has 5 N–H and O–H groups in total. The highest BCUT2D eigenvalue weighted by Gasteiger charge is 2.55. The molecule has 1 aromatic rings. The highest BCUT2D eigenvalue weighted by Crippen LogP contribution is 2.57. The van der Waals surface area contributed by atoms with Crippen LogP contribution in [0.25, 0.3) is 0 Å². The van der Waals surface area contributed by atoms with Crippen LogP contribution in [0.15, 0.2) is 12.3 Å². The highest BCUT2D eigenvalue weighted by atomic mass is 16.5. The molecule has 172 valence electrons. The van der Waals surface area contributed by atoms with Gasteiger partial charge in [-0.1, -0.05) is 0 Å². The molecule has 0 bridgehead atoms. The predicted molar refractivity (Wildman–Crippen MR) is 118 cm³/mol. The normalized spacial score (nSPS) is 27.4. The zero-order chi connectivity index (χ0) is 21.7. The lowest BCUT2D eigenvalue weighted by atomic mass is 9.78. The summed E-state index contributed by atoms with van der Waals surface area (Å²) >= 11 is 0. The number of aromatic nitrogens is 1. The number of fused-ring (bicyclic) bond motifs is 1. The van der Waals surface area contributed by atoms with Crippen LogP contribution in [0.3, 0.4) is 0 Å². The van der Waals surface area contributed by atoms with Crippen molar-refractivity contribution >= 4 is 11.7 Å². The van der Waals surface area contributed by atoms with E-state index in [1.54, 1.807) is 0 Å². The quantitative estimate of drug-likeness (QED) is 0.334. The van der Waals surface area contributed by atoms with Gasteiger partial charge in [-0.15, -0.1) is 0 Å². The predicted octanol–water partition coefficient (Wildman–Crippen LogP) is 1.22. The average Bonchev–Trinajstić information content (AvgIpc) is 3.19. The van der Waals surface area contributed by atoms with Gasteiger partial charge in [-0.25, -0.2) is 4.98 Å². The van der Waals surface area contributed by atoms with Gasteiger partial charge in [-0.3, -0.25) is 4.79 Å². The van der Waals surface area contributed by atoms with Gasteiger partial charge in [0.05, 0.1) is 25.7 Å². The second kappa shape index (κ2) is 10.1. The zero-order valence-electron chi connectivity index (χ0n) is 18.2. The number of amides is 1. The van der Waals surface area contributed by atoms with Crippen molar-refractivity contribution in [2.24, 2.45) is 11.3 Å². The number of aliphatic hydroxyl groups is 2. The van der Waals surface area contributed by atoms with Crippen LogP contribution in [0, 0.1) is 11.3 Å². The maximum Gasteiger partial charge on any atom is 0.222 e. The van der Waals surface area contributed by atoms with Crippen molar-refractivity contribution in [3.05, 3.63) is 17.8 Å². The molecule has 0 aromatic carbocycles. The third kappa shape index (κ3) is 5.67. The molecule has 2 aliphatic carbocycles. The summed E-state index contributed by atoms with van der Waals surface area (Å²) in [5.74, 6) is 2.38. The van der Waals surface area contributed by atoms with Crippen molar-refractivity contribution in [2.45, 2.75) is 63.5 Å².